The van der Waals surface area contributed by atoms with Crippen LogP contribution in [0.1, 0.15) is 32.6 Å². The third-order valence-electron chi connectivity index (χ3n) is 2.92. The summed E-state index contributed by atoms with van der Waals surface area (Å²) in [7, 11) is 0. The van der Waals surface area contributed by atoms with Crippen LogP contribution in [0.2, 0.25) is 5.15 Å². The second kappa shape index (κ2) is 4.45. The van der Waals surface area contributed by atoms with Gasteiger partial charge in [0.05, 0.1) is 11.7 Å². The SMILES string of the molecule is CC(Nc1nsnc1Cl)C1CCCC1. The molecule has 1 aliphatic carbocycles. The number of anilines is 1. The van der Waals surface area contributed by atoms with Crippen LogP contribution in [0.15, 0.2) is 0 Å². The Labute approximate surface area is 93.2 Å². The summed E-state index contributed by atoms with van der Waals surface area (Å²) in [4.78, 5) is 0. The highest BCUT2D eigenvalue weighted by Crippen LogP contribution is 2.30. The molecule has 0 amide bonds. The largest absolute Gasteiger partial charge is 0.364 e. The lowest BCUT2D eigenvalue weighted by molar-refractivity contribution is 0.481. The van der Waals surface area contributed by atoms with Crippen molar-refractivity contribution in [1.29, 1.82) is 0 Å². The van der Waals surface area contributed by atoms with Crippen LogP contribution in [0.4, 0.5) is 5.82 Å². The molecule has 0 aromatic carbocycles. The zero-order valence-corrected chi connectivity index (χ0v) is 9.74. The van der Waals surface area contributed by atoms with E-state index in [9.17, 15) is 0 Å². The molecule has 0 saturated heterocycles. The van der Waals surface area contributed by atoms with Crippen molar-refractivity contribution in [3.63, 3.8) is 0 Å². The smallest absolute Gasteiger partial charge is 0.186 e. The van der Waals surface area contributed by atoms with Gasteiger partial charge in [0.2, 0.25) is 0 Å². The third-order valence-corrected chi connectivity index (χ3v) is 3.81. The Hall–Kier alpha value is -0.350. The van der Waals surface area contributed by atoms with Crippen molar-refractivity contribution in [3.05, 3.63) is 5.15 Å². The van der Waals surface area contributed by atoms with Crippen LogP contribution >= 0.6 is 23.3 Å². The molecule has 1 aromatic rings. The molecule has 1 atom stereocenters. The summed E-state index contributed by atoms with van der Waals surface area (Å²) in [5, 5.41) is 3.84. The van der Waals surface area contributed by atoms with Gasteiger partial charge in [-0.2, -0.15) is 8.75 Å². The van der Waals surface area contributed by atoms with E-state index in [-0.39, 0.29) is 0 Å². The number of nitrogens with one attached hydrogen (secondary N) is 1. The predicted octanol–water partition coefficient (Wildman–Crippen LogP) is 3.18. The molecular formula is C9H14ClN3S. The van der Waals surface area contributed by atoms with E-state index >= 15 is 0 Å². The maximum Gasteiger partial charge on any atom is 0.186 e. The molecular weight excluding hydrogens is 218 g/mol. The average molecular weight is 232 g/mol. The van der Waals surface area contributed by atoms with E-state index in [1.807, 2.05) is 0 Å². The van der Waals surface area contributed by atoms with Gasteiger partial charge < -0.3 is 5.32 Å². The fraction of sp³-hybridized carbons (Fsp3) is 0.778. The summed E-state index contributed by atoms with van der Waals surface area (Å²) < 4.78 is 8.04. The van der Waals surface area contributed by atoms with Gasteiger partial charge in [-0.15, -0.1) is 0 Å². The molecule has 2 rings (SSSR count). The Morgan fingerprint density at radius 3 is 2.71 bits per heavy atom. The number of aromatic nitrogens is 2. The Morgan fingerprint density at radius 2 is 2.14 bits per heavy atom. The molecule has 1 fully saturated rings. The molecule has 1 aliphatic rings. The van der Waals surface area contributed by atoms with Crippen LogP contribution < -0.4 is 5.32 Å². The Morgan fingerprint density at radius 1 is 1.43 bits per heavy atom. The molecule has 1 aromatic heterocycles. The highest BCUT2D eigenvalue weighted by Gasteiger charge is 2.22. The number of nitrogens with zero attached hydrogens (tertiary/aromatic N) is 2. The summed E-state index contributed by atoms with van der Waals surface area (Å²) in [6.07, 6.45) is 5.37. The van der Waals surface area contributed by atoms with Gasteiger partial charge >= 0.3 is 0 Å². The molecule has 78 valence electrons. The van der Waals surface area contributed by atoms with Crippen molar-refractivity contribution in [2.45, 2.75) is 38.6 Å². The Kier molecular flexibility index (Phi) is 3.23. The van der Waals surface area contributed by atoms with E-state index in [1.54, 1.807) is 0 Å². The summed E-state index contributed by atoms with van der Waals surface area (Å²) in [5.41, 5.74) is 0. The molecule has 14 heavy (non-hydrogen) atoms. The minimum absolute atomic E-state index is 0.457. The van der Waals surface area contributed by atoms with Crippen LogP contribution in [0.3, 0.4) is 0 Å². The quantitative estimate of drug-likeness (QED) is 0.868. The first-order chi connectivity index (χ1) is 6.77. The molecule has 0 spiro atoms. The lowest BCUT2D eigenvalue weighted by Gasteiger charge is -2.19. The van der Waals surface area contributed by atoms with Crippen molar-refractivity contribution in [1.82, 2.24) is 8.75 Å². The minimum atomic E-state index is 0.457. The number of rotatable bonds is 3. The maximum atomic E-state index is 5.86. The van der Waals surface area contributed by atoms with Crippen molar-refractivity contribution >= 4 is 29.1 Å². The fourth-order valence-electron chi connectivity index (χ4n) is 2.05. The van der Waals surface area contributed by atoms with Crippen LogP contribution in [-0.4, -0.2) is 14.8 Å². The second-order valence-electron chi connectivity index (χ2n) is 3.88. The molecule has 1 N–H and O–H groups in total. The summed E-state index contributed by atoms with van der Waals surface area (Å²) >= 11 is 7.02. The Balaban J connectivity index is 1.93. The normalized spacial score (nSPS) is 19.9. The van der Waals surface area contributed by atoms with Crippen molar-refractivity contribution in [3.8, 4) is 0 Å². The first-order valence-corrected chi connectivity index (χ1v) is 6.13. The summed E-state index contributed by atoms with van der Waals surface area (Å²) in [5.74, 6) is 1.52. The highest BCUT2D eigenvalue weighted by atomic mass is 35.5. The lowest BCUT2D eigenvalue weighted by Crippen LogP contribution is -2.24. The van der Waals surface area contributed by atoms with Gasteiger partial charge in [0.15, 0.2) is 11.0 Å². The van der Waals surface area contributed by atoms with Crippen molar-refractivity contribution in [2.75, 3.05) is 5.32 Å². The van der Waals surface area contributed by atoms with E-state index in [4.69, 9.17) is 11.6 Å². The van der Waals surface area contributed by atoms with Gasteiger partial charge in [-0.3, -0.25) is 0 Å². The number of halogens is 1. The lowest BCUT2D eigenvalue weighted by atomic mass is 10.00. The van der Waals surface area contributed by atoms with Crippen LogP contribution in [-0.2, 0) is 0 Å². The molecule has 0 bridgehead atoms. The molecule has 1 heterocycles. The van der Waals surface area contributed by atoms with Gasteiger partial charge in [0.1, 0.15) is 0 Å². The zero-order chi connectivity index (χ0) is 9.97. The molecule has 0 radical (unpaired) electrons. The topological polar surface area (TPSA) is 37.8 Å². The molecule has 0 aliphatic heterocycles. The van der Waals surface area contributed by atoms with Crippen LogP contribution in [0.5, 0.6) is 0 Å². The molecule has 5 heteroatoms. The number of hydrogen-bond donors (Lipinski definition) is 1. The van der Waals surface area contributed by atoms with Gasteiger partial charge in [-0.1, -0.05) is 24.4 Å². The van der Waals surface area contributed by atoms with Crippen LogP contribution in [0, 0.1) is 5.92 Å². The minimum Gasteiger partial charge on any atom is -0.364 e. The van der Waals surface area contributed by atoms with Crippen molar-refractivity contribution < 1.29 is 0 Å². The molecule has 3 nitrogen and oxygen atoms in total. The van der Waals surface area contributed by atoms with Gasteiger partial charge in [0.25, 0.3) is 0 Å². The Bertz CT molecular complexity index is 296. The summed E-state index contributed by atoms with van der Waals surface area (Å²) in [6.45, 7) is 2.20. The van der Waals surface area contributed by atoms with Gasteiger partial charge in [0, 0.05) is 6.04 Å². The maximum absolute atomic E-state index is 5.86. The molecule has 1 saturated carbocycles. The molecule has 1 unspecified atom stereocenters. The third kappa shape index (κ3) is 2.17. The number of hydrogen-bond acceptors (Lipinski definition) is 4. The van der Waals surface area contributed by atoms with E-state index in [1.165, 1.54) is 25.7 Å². The first kappa shape index (κ1) is 10.2. The first-order valence-electron chi connectivity index (χ1n) is 5.02. The fourth-order valence-corrected chi connectivity index (χ4v) is 2.71. The summed E-state index contributed by atoms with van der Waals surface area (Å²) in [6, 6.07) is 0.457. The van der Waals surface area contributed by atoms with E-state index in [0.717, 1.165) is 23.5 Å². The monoisotopic (exact) mass is 231 g/mol. The van der Waals surface area contributed by atoms with E-state index in [0.29, 0.717) is 11.2 Å². The van der Waals surface area contributed by atoms with E-state index < -0.39 is 0 Å². The predicted molar refractivity (Wildman–Crippen MR) is 60.0 cm³/mol. The zero-order valence-electron chi connectivity index (χ0n) is 8.16. The average Bonchev–Trinajstić information content (AvgIpc) is 2.77. The van der Waals surface area contributed by atoms with Crippen molar-refractivity contribution in [2.24, 2.45) is 5.92 Å². The highest BCUT2D eigenvalue weighted by molar-refractivity contribution is 6.99. The van der Waals surface area contributed by atoms with E-state index in [2.05, 4.69) is 21.0 Å². The van der Waals surface area contributed by atoms with Gasteiger partial charge in [-0.05, 0) is 25.7 Å². The standard InChI is InChI=1S/C9H14ClN3S/c1-6(7-4-2-3-5-7)11-9-8(10)12-14-13-9/h6-7H,2-5H2,1H3,(H,11,13). The van der Waals surface area contributed by atoms with Gasteiger partial charge in [-0.25, -0.2) is 0 Å². The van der Waals surface area contributed by atoms with Crippen LogP contribution in [0.25, 0.3) is 0 Å². The second-order valence-corrected chi connectivity index (χ2v) is 4.77.